The summed E-state index contributed by atoms with van der Waals surface area (Å²) in [5.41, 5.74) is -2.31. The maximum absolute atomic E-state index is 12.9. The fraction of sp³-hybridized carbons (Fsp3) is 0.850. The van der Waals surface area contributed by atoms with Gasteiger partial charge in [-0.1, -0.05) is 20.3 Å². The molecule has 2 fully saturated rings. The Hall–Kier alpha value is -1.92. The Morgan fingerprint density at radius 3 is 2.34 bits per heavy atom. The molecule has 3 amide bonds. The lowest BCUT2D eigenvalue weighted by atomic mass is 9.97. The zero-order valence-electron chi connectivity index (χ0n) is 18.6. The summed E-state index contributed by atoms with van der Waals surface area (Å²) in [6, 6.07) is -2.48. The van der Waals surface area contributed by atoms with E-state index in [1.807, 2.05) is 13.8 Å². The van der Waals surface area contributed by atoms with Crippen LogP contribution >= 0.6 is 0 Å². The standard InChI is InChI=1S/C20H35N3O8S/c1-12(2)10-15(23-20(27)31-14-6-4-3-5-7-14)18(25)22-16(19(26)32(28,29)30)11-13-8-9-21-17(13)24/h12-16,19,26H,3-11H2,1-2H3,(H,21,24)(H,22,25)(H,23,27)(H,28,29,30)/t13?,15-,16-,19?/m1/s1. The first-order chi connectivity index (χ1) is 15.0. The highest BCUT2D eigenvalue weighted by atomic mass is 32.2. The average Bonchev–Trinajstić information content (AvgIpc) is 3.10. The van der Waals surface area contributed by atoms with Gasteiger partial charge in [-0.25, -0.2) is 4.79 Å². The highest BCUT2D eigenvalue weighted by molar-refractivity contribution is 7.86. The molecule has 1 saturated heterocycles. The predicted octanol–water partition coefficient (Wildman–Crippen LogP) is 0.677. The third-order valence-corrected chi connectivity index (χ3v) is 6.76. The van der Waals surface area contributed by atoms with Crippen LogP contribution in [0.1, 0.15) is 65.2 Å². The molecule has 5 N–H and O–H groups in total. The molecule has 0 aromatic carbocycles. The molecule has 4 atom stereocenters. The number of aliphatic hydroxyl groups is 1. The van der Waals surface area contributed by atoms with Crippen LogP contribution in [0, 0.1) is 11.8 Å². The third kappa shape index (κ3) is 8.21. The minimum Gasteiger partial charge on any atom is -0.446 e. The number of hydrogen-bond donors (Lipinski definition) is 5. The van der Waals surface area contributed by atoms with Crippen molar-refractivity contribution in [3.63, 3.8) is 0 Å². The van der Waals surface area contributed by atoms with Crippen molar-refractivity contribution in [2.45, 2.75) is 88.8 Å². The summed E-state index contributed by atoms with van der Waals surface area (Å²) in [6.07, 6.45) is 4.09. The van der Waals surface area contributed by atoms with Crippen molar-refractivity contribution < 1.29 is 37.2 Å². The number of hydrogen-bond acceptors (Lipinski definition) is 7. The van der Waals surface area contributed by atoms with Crippen LogP contribution in [0.4, 0.5) is 4.79 Å². The molecule has 0 radical (unpaired) electrons. The topological polar surface area (TPSA) is 171 Å². The molecule has 11 nitrogen and oxygen atoms in total. The Labute approximate surface area is 188 Å². The van der Waals surface area contributed by atoms with Gasteiger partial charge in [-0.15, -0.1) is 0 Å². The van der Waals surface area contributed by atoms with Crippen molar-refractivity contribution in [1.82, 2.24) is 16.0 Å². The van der Waals surface area contributed by atoms with Crippen LogP contribution in [-0.2, 0) is 24.4 Å². The molecule has 1 aliphatic heterocycles. The molecular weight excluding hydrogens is 442 g/mol. The molecule has 0 spiro atoms. The van der Waals surface area contributed by atoms with E-state index in [-0.39, 0.29) is 30.8 Å². The summed E-state index contributed by atoms with van der Waals surface area (Å²) >= 11 is 0. The van der Waals surface area contributed by atoms with Gasteiger partial charge in [0.1, 0.15) is 12.1 Å². The fourth-order valence-corrected chi connectivity index (χ4v) is 4.72. The van der Waals surface area contributed by atoms with Gasteiger partial charge < -0.3 is 25.8 Å². The van der Waals surface area contributed by atoms with Crippen molar-refractivity contribution >= 4 is 28.0 Å². The maximum atomic E-state index is 12.9. The summed E-state index contributed by atoms with van der Waals surface area (Å²) in [5, 5.41) is 17.6. The number of alkyl carbamates (subject to hydrolysis) is 1. The highest BCUT2D eigenvalue weighted by Crippen LogP contribution is 2.21. The second kappa shape index (κ2) is 11.8. The second-order valence-electron chi connectivity index (χ2n) is 9.02. The molecule has 2 rings (SSSR count). The van der Waals surface area contributed by atoms with Crippen LogP contribution in [0.15, 0.2) is 0 Å². The number of aliphatic hydroxyl groups excluding tert-OH is 1. The molecule has 2 unspecified atom stereocenters. The summed E-state index contributed by atoms with van der Waals surface area (Å²) < 4.78 is 37.8. The van der Waals surface area contributed by atoms with Gasteiger partial charge in [-0.05, 0) is 50.9 Å². The van der Waals surface area contributed by atoms with Crippen LogP contribution in [0.2, 0.25) is 0 Å². The maximum Gasteiger partial charge on any atom is 0.408 e. The Bertz CT molecular complexity index is 767. The quantitative estimate of drug-likeness (QED) is 0.286. The molecule has 0 aromatic rings. The monoisotopic (exact) mass is 477 g/mol. The molecule has 12 heteroatoms. The molecule has 1 saturated carbocycles. The van der Waals surface area contributed by atoms with Crippen molar-refractivity contribution in [1.29, 1.82) is 0 Å². The zero-order chi connectivity index (χ0) is 23.9. The number of nitrogens with one attached hydrogen (secondary N) is 3. The molecule has 1 aliphatic carbocycles. The second-order valence-corrected chi connectivity index (χ2v) is 10.5. The molecule has 184 valence electrons. The fourth-order valence-electron chi connectivity index (χ4n) is 4.13. The normalized spacial score (nSPS) is 22.7. The number of carbonyl (C=O) groups excluding carboxylic acids is 3. The highest BCUT2D eigenvalue weighted by Gasteiger charge is 2.38. The molecular formula is C20H35N3O8S. The van der Waals surface area contributed by atoms with E-state index in [0.717, 1.165) is 32.1 Å². The van der Waals surface area contributed by atoms with E-state index in [2.05, 4.69) is 16.0 Å². The largest absolute Gasteiger partial charge is 0.446 e. The summed E-state index contributed by atoms with van der Waals surface area (Å²) in [6.45, 7) is 4.10. The first-order valence-electron chi connectivity index (χ1n) is 11.2. The van der Waals surface area contributed by atoms with Crippen LogP contribution in [0.3, 0.4) is 0 Å². The van der Waals surface area contributed by atoms with E-state index in [0.29, 0.717) is 13.0 Å². The van der Waals surface area contributed by atoms with Gasteiger partial charge in [-0.2, -0.15) is 8.42 Å². The third-order valence-electron chi connectivity index (χ3n) is 5.82. The van der Waals surface area contributed by atoms with E-state index in [9.17, 15) is 32.5 Å². The Morgan fingerprint density at radius 1 is 1.16 bits per heavy atom. The van der Waals surface area contributed by atoms with E-state index >= 15 is 0 Å². The van der Waals surface area contributed by atoms with Gasteiger partial charge >= 0.3 is 6.09 Å². The predicted molar refractivity (Wildman–Crippen MR) is 115 cm³/mol. The first-order valence-corrected chi connectivity index (χ1v) is 12.7. The summed E-state index contributed by atoms with van der Waals surface area (Å²) in [5.74, 6) is -1.67. The van der Waals surface area contributed by atoms with Crippen LogP contribution in [0.25, 0.3) is 0 Å². The van der Waals surface area contributed by atoms with Gasteiger partial charge in [0.05, 0.1) is 6.04 Å². The minimum absolute atomic E-state index is 0.00582. The molecule has 0 bridgehead atoms. The van der Waals surface area contributed by atoms with Gasteiger partial charge in [0.15, 0.2) is 0 Å². The van der Waals surface area contributed by atoms with E-state index in [1.165, 1.54) is 0 Å². The van der Waals surface area contributed by atoms with E-state index < -0.39 is 45.6 Å². The minimum atomic E-state index is -4.90. The molecule has 0 aromatic heterocycles. The molecule has 1 heterocycles. The van der Waals surface area contributed by atoms with Crippen molar-refractivity contribution in [2.24, 2.45) is 11.8 Å². The first kappa shape index (κ1) is 26.3. The average molecular weight is 478 g/mol. The van der Waals surface area contributed by atoms with Gasteiger partial charge in [0.2, 0.25) is 17.3 Å². The van der Waals surface area contributed by atoms with Crippen LogP contribution in [0.5, 0.6) is 0 Å². The molecule has 32 heavy (non-hydrogen) atoms. The van der Waals surface area contributed by atoms with Crippen molar-refractivity contribution in [3.05, 3.63) is 0 Å². The number of rotatable bonds is 10. The molecule has 2 aliphatic rings. The Morgan fingerprint density at radius 2 is 1.81 bits per heavy atom. The van der Waals surface area contributed by atoms with E-state index in [1.54, 1.807) is 0 Å². The summed E-state index contributed by atoms with van der Waals surface area (Å²) in [4.78, 5) is 37.2. The summed E-state index contributed by atoms with van der Waals surface area (Å²) in [7, 11) is -4.90. The van der Waals surface area contributed by atoms with E-state index in [4.69, 9.17) is 4.74 Å². The lowest BCUT2D eigenvalue weighted by Gasteiger charge is -2.28. The van der Waals surface area contributed by atoms with Gasteiger partial charge in [-0.3, -0.25) is 14.1 Å². The Balaban J connectivity index is 2.08. The van der Waals surface area contributed by atoms with Gasteiger partial charge in [0, 0.05) is 12.5 Å². The number of ether oxygens (including phenoxy) is 1. The SMILES string of the molecule is CC(C)C[C@@H](NC(=O)OC1CCCCC1)C(=O)N[C@H](CC1CCNC1=O)C(O)S(=O)(=O)O. The van der Waals surface area contributed by atoms with Crippen LogP contribution in [-0.4, -0.2) is 66.2 Å². The van der Waals surface area contributed by atoms with Gasteiger partial charge in [0.25, 0.3) is 10.1 Å². The Kier molecular flexibility index (Phi) is 9.71. The van der Waals surface area contributed by atoms with Crippen molar-refractivity contribution in [3.8, 4) is 0 Å². The smallest absolute Gasteiger partial charge is 0.408 e. The lowest BCUT2D eigenvalue weighted by molar-refractivity contribution is -0.126. The zero-order valence-corrected chi connectivity index (χ0v) is 19.4. The lowest BCUT2D eigenvalue weighted by Crippen LogP contribution is -2.55. The number of amides is 3. The van der Waals surface area contributed by atoms with Crippen molar-refractivity contribution in [2.75, 3.05) is 6.54 Å². The number of carbonyl (C=O) groups is 3. The van der Waals surface area contributed by atoms with Crippen LogP contribution < -0.4 is 16.0 Å².